The molecule has 2 fully saturated rings. The van der Waals surface area contributed by atoms with Crippen LogP contribution in [-0.4, -0.2) is 62.7 Å². The van der Waals surface area contributed by atoms with Crippen molar-refractivity contribution in [2.24, 2.45) is 11.8 Å². The zero-order valence-electron chi connectivity index (χ0n) is 15.1. The molecule has 2 unspecified atom stereocenters. The molecule has 2 N–H and O–H groups in total. The van der Waals surface area contributed by atoms with E-state index in [0.29, 0.717) is 19.5 Å². The third-order valence-electron chi connectivity index (χ3n) is 5.43. The van der Waals surface area contributed by atoms with Crippen LogP contribution in [0.2, 0.25) is 0 Å². The number of nitrogens with zero attached hydrogens (tertiary/aromatic N) is 1. The Balaban J connectivity index is 1.26. The van der Waals surface area contributed by atoms with Crippen LogP contribution in [0.4, 0.5) is 0 Å². The summed E-state index contributed by atoms with van der Waals surface area (Å²) in [7, 11) is 0. The molecule has 0 spiro atoms. The monoisotopic (exact) mass is 349 g/mol. The van der Waals surface area contributed by atoms with Gasteiger partial charge in [-0.3, -0.25) is 14.5 Å². The van der Waals surface area contributed by atoms with Gasteiger partial charge in [-0.2, -0.15) is 0 Å². The van der Waals surface area contributed by atoms with E-state index in [-0.39, 0.29) is 23.7 Å². The average Bonchev–Trinajstić information content (AvgIpc) is 3.44. The van der Waals surface area contributed by atoms with Crippen LogP contribution in [0.25, 0.3) is 0 Å². The van der Waals surface area contributed by atoms with Crippen LogP contribution in [0.15, 0.2) is 11.6 Å². The molecule has 140 valence electrons. The third-order valence-corrected chi connectivity index (χ3v) is 5.43. The van der Waals surface area contributed by atoms with Gasteiger partial charge in [0.1, 0.15) is 0 Å². The van der Waals surface area contributed by atoms with Gasteiger partial charge in [0, 0.05) is 32.7 Å². The summed E-state index contributed by atoms with van der Waals surface area (Å²) in [6, 6.07) is 0. The molecule has 0 aromatic rings. The van der Waals surface area contributed by atoms with Crippen molar-refractivity contribution >= 4 is 11.8 Å². The van der Waals surface area contributed by atoms with Crippen LogP contribution in [0.5, 0.6) is 0 Å². The summed E-state index contributed by atoms with van der Waals surface area (Å²) in [5, 5.41) is 5.98. The van der Waals surface area contributed by atoms with E-state index in [1.807, 2.05) is 0 Å². The van der Waals surface area contributed by atoms with Crippen molar-refractivity contribution < 1.29 is 14.3 Å². The number of hydrogen-bond donors (Lipinski definition) is 2. The van der Waals surface area contributed by atoms with Crippen molar-refractivity contribution in [1.29, 1.82) is 0 Å². The minimum Gasteiger partial charge on any atom is -0.379 e. The highest BCUT2D eigenvalue weighted by Crippen LogP contribution is 2.38. The van der Waals surface area contributed by atoms with Gasteiger partial charge in [-0.15, -0.1) is 0 Å². The summed E-state index contributed by atoms with van der Waals surface area (Å²) in [6.07, 6.45) is 8.88. The molecule has 1 saturated heterocycles. The Morgan fingerprint density at radius 2 is 1.80 bits per heavy atom. The minimum absolute atomic E-state index is 0.0309. The van der Waals surface area contributed by atoms with Crippen LogP contribution in [0.3, 0.4) is 0 Å². The van der Waals surface area contributed by atoms with Gasteiger partial charge in [0.15, 0.2) is 0 Å². The molecule has 0 bridgehead atoms. The van der Waals surface area contributed by atoms with Crippen LogP contribution in [0, 0.1) is 11.8 Å². The fraction of sp³-hybridized carbons (Fsp3) is 0.789. The molecule has 3 rings (SSSR count). The Kier molecular flexibility index (Phi) is 6.87. The first-order valence-corrected chi connectivity index (χ1v) is 9.77. The maximum Gasteiger partial charge on any atom is 0.223 e. The molecule has 6 heteroatoms. The Morgan fingerprint density at radius 1 is 1.08 bits per heavy atom. The first-order chi connectivity index (χ1) is 12.2. The van der Waals surface area contributed by atoms with Gasteiger partial charge < -0.3 is 15.4 Å². The molecule has 1 heterocycles. The Hall–Kier alpha value is -1.40. The van der Waals surface area contributed by atoms with E-state index in [9.17, 15) is 9.59 Å². The summed E-state index contributed by atoms with van der Waals surface area (Å²) in [5.74, 6) is -0.171. The maximum atomic E-state index is 12.2. The number of carbonyl (C=O) groups excluding carboxylic acids is 2. The standard InChI is InChI=1S/C19H31N3O3/c23-18(20-7-6-15-4-2-1-3-5-15)16-14-17(16)19(24)21-8-9-22-10-12-25-13-11-22/h4,16-17H,1-3,5-14H2,(H,20,23)(H,21,24). The summed E-state index contributed by atoms with van der Waals surface area (Å²) in [5.41, 5.74) is 1.47. The van der Waals surface area contributed by atoms with Gasteiger partial charge in [0.2, 0.25) is 11.8 Å². The summed E-state index contributed by atoms with van der Waals surface area (Å²) in [6.45, 7) is 5.62. The number of hydrogen-bond acceptors (Lipinski definition) is 4. The van der Waals surface area contributed by atoms with Crippen molar-refractivity contribution in [1.82, 2.24) is 15.5 Å². The van der Waals surface area contributed by atoms with Gasteiger partial charge in [0.05, 0.1) is 25.0 Å². The highest BCUT2D eigenvalue weighted by molar-refractivity contribution is 5.92. The average molecular weight is 349 g/mol. The Labute approximate surface area is 150 Å². The number of ether oxygens (including phenoxy) is 1. The van der Waals surface area contributed by atoms with Gasteiger partial charge in [-0.05, 0) is 38.5 Å². The van der Waals surface area contributed by atoms with Crippen LogP contribution in [0.1, 0.15) is 38.5 Å². The van der Waals surface area contributed by atoms with Crippen molar-refractivity contribution in [3.05, 3.63) is 11.6 Å². The predicted molar refractivity (Wildman–Crippen MR) is 96.0 cm³/mol. The molecule has 1 aliphatic heterocycles. The highest BCUT2D eigenvalue weighted by Gasteiger charge is 2.47. The zero-order chi connectivity index (χ0) is 17.5. The highest BCUT2D eigenvalue weighted by atomic mass is 16.5. The lowest BCUT2D eigenvalue weighted by atomic mass is 9.97. The van der Waals surface area contributed by atoms with Crippen molar-refractivity contribution in [3.8, 4) is 0 Å². The predicted octanol–water partition coefficient (Wildman–Crippen LogP) is 1.08. The number of rotatable bonds is 8. The Bertz CT molecular complexity index is 500. The van der Waals surface area contributed by atoms with E-state index in [0.717, 1.165) is 39.3 Å². The maximum absolute atomic E-state index is 12.2. The van der Waals surface area contributed by atoms with E-state index in [1.54, 1.807) is 0 Å². The number of carbonyl (C=O) groups is 2. The van der Waals surface area contributed by atoms with Crippen LogP contribution >= 0.6 is 0 Å². The topological polar surface area (TPSA) is 70.7 Å². The molecule has 2 amide bonds. The summed E-state index contributed by atoms with van der Waals surface area (Å²) < 4.78 is 5.31. The van der Waals surface area contributed by atoms with Crippen molar-refractivity contribution in [2.45, 2.75) is 38.5 Å². The van der Waals surface area contributed by atoms with Crippen molar-refractivity contribution in [2.75, 3.05) is 45.9 Å². The molecule has 25 heavy (non-hydrogen) atoms. The SMILES string of the molecule is O=C(NCCC1=CCCCC1)C1CC1C(=O)NCCN1CCOCC1. The lowest BCUT2D eigenvalue weighted by Crippen LogP contribution is -2.41. The van der Waals surface area contributed by atoms with Gasteiger partial charge in [-0.1, -0.05) is 11.6 Å². The molecule has 1 saturated carbocycles. The quantitative estimate of drug-likeness (QED) is 0.643. The molecule has 0 radical (unpaired) electrons. The largest absolute Gasteiger partial charge is 0.379 e. The normalized spacial score (nSPS) is 26.6. The molecular weight excluding hydrogens is 318 g/mol. The lowest BCUT2D eigenvalue weighted by molar-refractivity contribution is -0.127. The molecule has 0 aromatic carbocycles. The van der Waals surface area contributed by atoms with E-state index in [2.05, 4.69) is 21.6 Å². The van der Waals surface area contributed by atoms with Gasteiger partial charge >= 0.3 is 0 Å². The first-order valence-electron chi connectivity index (χ1n) is 9.77. The molecule has 2 aliphatic carbocycles. The van der Waals surface area contributed by atoms with Gasteiger partial charge in [-0.25, -0.2) is 0 Å². The third kappa shape index (κ3) is 5.82. The second-order valence-electron chi connectivity index (χ2n) is 7.34. The smallest absolute Gasteiger partial charge is 0.223 e. The fourth-order valence-electron chi connectivity index (χ4n) is 3.68. The van der Waals surface area contributed by atoms with Crippen LogP contribution in [-0.2, 0) is 14.3 Å². The van der Waals surface area contributed by atoms with E-state index < -0.39 is 0 Å². The van der Waals surface area contributed by atoms with Crippen LogP contribution < -0.4 is 10.6 Å². The fourth-order valence-corrected chi connectivity index (χ4v) is 3.68. The summed E-state index contributed by atoms with van der Waals surface area (Å²) >= 11 is 0. The minimum atomic E-state index is -0.126. The summed E-state index contributed by atoms with van der Waals surface area (Å²) in [4.78, 5) is 26.6. The lowest BCUT2D eigenvalue weighted by Gasteiger charge is -2.26. The van der Waals surface area contributed by atoms with E-state index in [4.69, 9.17) is 4.74 Å². The molecule has 6 nitrogen and oxygen atoms in total. The second-order valence-corrected chi connectivity index (χ2v) is 7.34. The molecule has 3 aliphatic rings. The zero-order valence-corrected chi connectivity index (χ0v) is 15.1. The first kappa shape index (κ1) is 18.4. The Morgan fingerprint density at radius 3 is 2.48 bits per heavy atom. The number of allylic oxidation sites excluding steroid dienone is 1. The van der Waals surface area contributed by atoms with Crippen molar-refractivity contribution in [3.63, 3.8) is 0 Å². The number of nitrogens with one attached hydrogen (secondary N) is 2. The van der Waals surface area contributed by atoms with E-state index >= 15 is 0 Å². The van der Waals surface area contributed by atoms with E-state index in [1.165, 1.54) is 31.3 Å². The number of amides is 2. The number of morpholine rings is 1. The second kappa shape index (κ2) is 9.34. The van der Waals surface area contributed by atoms with Gasteiger partial charge in [0.25, 0.3) is 0 Å². The molecule has 0 aromatic heterocycles. The molecule has 2 atom stereocenters. The molecular formula is C19H31N3O3.